The van der Waals surface area contributed by atoms with Crippen LogP contribution >= 0.6 is 0 Å². The lowest BCUT2D eigenvalue weighted by molar-refractivity contribution is 0.0550. The van der Waals surface area contributed by atoms with Gasteiger partial charge in [-0.1, -0.05) is 0 Å². The Kier molecular flexibility index (Phi) is 1.58. The van der Waals surface area contributed by atoms with Gasteiger partial charge >= 0.3 is 6.16 Å². The fraction of sp³-hybridized carbons (Fsp3) is 0.400. The molecule has 1 heterocycles. The van der Waals surface area contributed by atoms with E-state index < -0.39 is 6.16 Å². The van der Waals surface area contributed by atoms with Gasteiger partial charge in [0.15, 0.2) is 12.4 Å². The van der Waals surface area contributed by atoms with Gasteiger partial charge in [-0.2, -0.15) is 0 Å². The maximum atomic E-state index is 10.2. The molecule has 0 aliphatic carbocycles. The van der Waals surface area contributed by atoms with Crippen molar-refractivity contribution in [2.75, 3.05) is 13.7 Å². The number of cyclic esters (lactones) is 2. The Balaban J connectivity index is 2.50. The number of methoxy groups -OCH3 is 1. The van der Waals surface area contributed by atoms with E-state index >= 15 is 0 Å². The molecule has 9 heavy (non-hydrogen) atoms. The van der Waals surface area contributed by atoms with Gasteiger partial charge in [0.25, 0.3) is 0 Å². The Labute approximate surface area is 52.0 Å². The first kappa shape index (κ1) is 5.94. The van der Waals surface area contributed by atoms with Crippen LogP contribution in [-0.4, -0.2) is 19.9 Å². The average molecular weight is 130 g/mol. The van der Waals surface area contributed by atoms with Gasteiger partial charge in [0.2, 0.25) is 0 Å². The summed E-state index contributed by atoms with van der Waals surface area (Å²) in [6, 6.07) is 0. The summed E-state index contributed by atoms with van der Waals surface area (Å²) in [4.78, 5) is 10.2. The van der Waals surface area contributed by atoms with E-state index in [9.17, 15) is 4.79 Å². The summed E-state index contributed by atoms with van der Waals surface area (Å²) >= 11 is 0. The lowest BCUT2D eigenvalue weighted by Crippen LogP contribution is -2.13. The highest BCUT2D eigenvalue weighted by Gasteiger charge is 2.11. The molecule has 4 heteroatoms. The largest absolute Gasteiger partial charge is 0.513 e. The molecule has 0 fully saturated rings. The van der Waals surface area contributed by atoms with Crippen LogP contribution in [0, 0.1) is 0 Å². The third-order valence-corrected chi connectivity index (χ3v) is 0.881. The van der Waals surface area contributed by atoms with Gasteiger partial charge in [-0.15, -0.1) is 0 Å². The molecular formula is C5H6O4. The van der Waals surface area contributed by atoms with Crippen LogP contribution in [0.5, 0.6) is 0 Å². The molecule has 0 N–H and O–H groups in total. The van der Waals surface area contributed by atoms with Crippen molar-refractivity contribution in [2.45, 2.75) is 0 Å². The lowest BCUT2D eigenvalue weighted by Gasteiger charge is -2.10. The first-order valence-corrected chi connectivity index (χ1v) is 2.39. The van der Waals surface area contributed by atoms with Crippen molar-refractivity contribution in [3.8, 4) is 0 Å². The highest BCUT2D eigenvalue weighted by Crippen LogP contribution is 2.04. The third kappa shape index (κ3) is 1.35. The number of carbonyl (C=O) groups is 1. The van der Waals surface area contributed by atoms with Crippen LogP contribution in [0.2, 0.25) is 0 Å². The van der Waals surface area contributed by atoms with Crippen LogP contribution in [0.25, 0.3) is 0 Å². The topological polar surface area (TPSA) is 44.8 Å². The van der Waals surface area contributed by atoms with E-state index in [1.165, 1.54) is 13.4 Å². The molecule has 50 valence electrons. The Morgan fingerprint density at radius 3 is 3.00 bits per heavy atom. The van der Waals surface area contributed by atoms with Gasteiger partial charge in [0.05, 0.1) is 7.11 Å². The Morgan fingerprint density at radius 1 is 1.78 bits per heavy atom. The summed E-state index contributed by atoms with van der Waals surface area (Å²) in [6.45, 7) is 0.162. The van der Waals surface area contributed by atoms with Crippen molar-refractivity contribution in [1.82, 2.24) is 0 Å². The molecule has 0 amide bonds. The molecule has 0 aromatic rings. The van der Waals surface area contributed by atoms with Gasteiger partial charge < -0.3 is 14.2 Å². The normalized spacial score (nSPS) is 17.4. The summed E-state index contributed by atoms with van der Waals surface area (Å²) in [5.41, 5.74) is 0. The quantitative estimate of drug-likeness (QED) is 0.488. The number of hydrogen-bond donors (Lipinski definition) is 0. The number of ether oxygens (including phenoxy) is 3. The van der Waals surface area contributed by atoms with E-state index in [0.29, 0.717) is 5.76 Å². The lowest BCUT2D eigenvalue weighted by atomic mass is 10.6. The van der Waals surface area contributed by atoms with Crippen molar-refractivity contribution in [2.24, 2.45) is 0 Å². The molecule has 0 atom stereocenters. The maximum absolute atomic E-state index is 10.2. The summed E-state index contributed by atoms with van der Waals surface area (Å²) in [5, 5.41) is 0. The van der Waals surface area contributed by atoms with E-state index in [0.717, 1.165) is 0 Å². The van der Waals surface area contributed by atoms with Crippen LogP contribution in [-0.2, 0) is 14.2 Å². The highest BCUT2D eigenvalue weighted by atomic mass is 16.7. The summed E-state index contributed by atoms with van der Waals surface area (Å²) < 4.78 is 13.5. The molecule has 1 rings (SSSR count). The van der Waals surface area contributed by atoms with Gasteiger partial charge in [-0.05, 0) is 0 Å². The molecule has 0 saturated carbocycles. The van der Waals surface area contributed by atoms with Crippen molar-refractivity contribution >= 4 is 6.16 Å². The van der Waals surface area contributed by atoms with E-state index in [-0.39, 0.29) is 6.61 Å². The zero-order chi connectivity index (χ0) is 6.69. The molecule has 1 aliphatic rings. The molecule has 0 saturated heterocycles. The fourth-order valence-corrected chi connectivity index (χ4v) is 0.419. The molecular weight excluding hydrogens is 124 g/mol. The maximum Gasteiger partial charge on any atom is 0.513 e. The second-order valence-electron chi connectivity index (χ2n) is 1.44. The minimum Gasteiger partial charge on any atom is -0.494 e. The van der Waals surface area contributed by atoms with Crippen LogP contribution in [0.4, 0.5) is 4.79 Å². The Morgan fingerprint density at radius 2 is 2.56 bits per heavy atom. The van der Waals surface area contributed by atoms with Gasteiger partial charge in [0.1, 0.15) is 6.26 Å². The van der Waals surface area contributed by atoms with Crippen molar-refractivity contribution in [3.63, 3.8) is 0 Å². The Bertz CT molecular complexity index is 149. The molecule has 0 aromatic heterocycles. The fourth-order valence-electron chi connectivity index (χ4n) is 0.419. The predicted molar refractivity (Wildman–Crippen MR) is 27.5 cm³/mol. The minimum atomic E-state index is -0.684. The molecule has 1 aliphatic heterocycles. The minimum absolute atomic E-state index is 0.162. The smallest absolute Gasteiger partial charge is 0.494 e. The second kappa shape index (κ2) is 2.39. The summed E-state index contributed by atoms with van der Waals surface area (Å²) in [7, 11) is 1.48. The molecule has 0 unspecified atom stereocenters. The van der Waals surface area contributed by atoms with E-state index in [1.807, 2.05) is 0 Å². The zero-order valence-corrected chi connectivity index (χ0v) is 4.92. The van der Waals surface area contributed by atoms with Gasteiger partial charge in [-0.25, -0.2) is 4.79 Å². The molecule has 0 radical (unpaired) electrons. The van der Waals surface area contributed by atoms with E-state index in [2.05, 4.69) is 9.47 Å². The summed E-state index contributed by atoms with van der Waals surface area (Å²) in [6.07, 6.45) is 0.544. The number of carbonyl (C=O) groups excluding carboxylic acids is 1. The number of rotatable bonds is 1. The first-order chi connectivity index (χ1) is 4.33. The van der Waals surface area contributed by atoms with E-state index in [4.69, 9.17) is 4.74 Å². The van der Waals surface area contributed by atoms with Gasteiger partial charge in [-0.3, -0.25) is 0 Å². The average Bonchev–Trinajstić information content (AvgIpc) is 1.90. The monoisotopic (exact) mass is 130 g/mol. The Hall–Kier alpha value is -1.19. The molecule has 0 aromatic carbocycles. The molecule has 4 nitrogen and oxygen atoms in total. The number of hydrogen-bond acceptors (Lipinski definition) is 4. The van der Waals surface area contributed by atoms with Gasteiger partial charge in [0, 0.05) is 0 Å². The summed E-state index contributed by atoms with van der Waals surface area (Å²) in [5.74, 6) is 0.509. The van der Waals surface area contributed by atoms with E-state index in [1.54, 1.807) is 0 Å². The first-order valence-electron chi connectivity index (χ1n) is 2.39. The second-order valence-corrected chi connectivity index (χ2v) is 1.44. The molecule has 0 bridgehead atoms. The van der Waals surface area contributed by atoms with Crippen LogP contribution < -0.4 is 0 Å². The SMILES string of the molecule is COC1=COC(=O)OC1. The zero-order valence-electron chi connectivity index (χ0n) is 4.92. The third-order valence-electron chi connectivity index (χ3n) is 0.881. The van der Waals surface area contributed by atoms with Crippen LogP contribution in [0.15, 0.2) is 12.0 Å². The van der Waals surface area contributed by atoms with Crippen molar-refractivity contribution in [1.29, 1.82) is 0 Å². The highest BCUT2D eigenvalue weighted by molar-refractivity contribution is 5.61. The van der Waals surface area contributed by atoms with Crippen molar-refractivity contribution in [3.05, 3.63) is 12.0 Å². The van der Waals surface area contributed by atoms with Crippen LogP contribution in [0.3, 0.4) is 0 Å². The molecule has 0 spiro atoms. The predicted octanol–water partition coefficient (Wildman–Crippen LogP) is 0.641. The van der Waals surface area contributed by atoms with Crippen LogP contribution in [0.1, 0.15) is 0 Å². The van der Waals surface area contributed by atoms with Crippen molar-refractivity contribution < 1.29 is 19.0 Å². The standard InChI is InChI=1S/C5H6O4/c1-7-4-2-8-5(6)9-3-4/h2H,3H2,1H3.